The topological polar surface area (TPSA) is 71.5 Å². The van der Waals surface area contributed by atoms with Gasteiger partial charge in [0.15, 0.2) is 9.84 Å². The summed E-state index contributed by atoms with van der Waals surface area (Å²) < 4.78 is 51.6. The van der Waals surface area contributed by atoms with Gasteiger partial charge in [-0.25, -0.2) is 16.8 Å². The minimum absolute atomic E-state index is 0.207. The third kappa shape index (κ3) is 4.23. The molecule has 1 aliphatic heterocycles. The zero-order chi connectivity index (χ0) is 18.6. The zero-order valence-electron chi connectivity index (χ0n) is 14.2. The lowest BCUT2D eigenvalue weighted by Crippen LogP contribution is -2.41. The van der Waals surface area contributed by atoms with Crippen molar-refractivity contribution in [3.63, 3.8) is 0 Å². The lowest BCUT2D eigenvalue weighted by Gasteiger charge is -2.30. The number of hydrogen-bond donors (Lipinski definition) is 0. The fourth-order valence-corrected chi connectivity index (χ4v) is 5.99. The maximum Gasteiger partial charge on any atom is 0.236 e. The van der Waals surface area contributed by atoms with Crippen molar-refractivity contribution >= 4 is 25.9 Å². The van der Waals surface area contributed by atoms with E-state index in [1.165, 1.54) is 9.71 Å². The molecule has 26 heavy (non-hydrogen) atoms. The van der Waals surface area contributed by atoms with Crippen molar-refractivity contribution in [1.29, 1.82) is 0 Å². The molecule has 138 valence electrons. The molecule has 0 spiro atoms. The predicted octanol–water partition coefficient (Wildman–Crippen LogP) is 2.93. The number of sulfone groups is 1. The maximum absolute atomic E-state index is 12.7. The van der Waals surface area contributed by atoms with Gasteiger partial charge in [-0.15, -0.1) is 0 Å². The quantitative estimate of drug-likeness (QED) is 0.786. The van der Waals surface area contributed by atoms with Crippen molar-refractivity contribution < 1.29 is 16.8 Å². The number of hydrogen-bond acceptors (Lipinski definition) is 4. The number of rotatable bonds is 5. The Hall–Kier alpha value is -1.96. The van der Waals surface area contributed by atoms with E-state index in [1.54, 1.807) is 36.4 Å². The van der Waals surface area contributed by atoms with Crippen LogP contribution in [0.2, 0.25) is 0 Å². The maximum atomic E-state index is 12.7. The molecule has 5 nitrogen and oxygen atoms in total. The van der Waals surface area contributed by atoms with Crippen LogP contribution >= 0.6 is 0 Å². The summed E-state index contributed by atoms with van der Waals surface area (Å²) >= 11 is 0. The molecule has 0 unspecified atom stereocenters. The van der Waals surface area contributed by atoms with Crippen molar-refractivity contribution in [2.45, 2.75) is 23.0 Å². The Morgan fingerprint density at radius 1 is 0.808 bits per heavy atom. The normalized spacial score (nSPS) is 17.5. The summed E-state index contributed by atoms with van der Waals surface area (Å²) in [6.45, 7) is 0.413. The van der Waals surface area contributed by atoms with Gasteiger partial charge in [0.25, 0.3) is 0 Å². The van der Waals surface area contributed by atoms with Crippen LogP contribution in [0.15, 0.2) is 71.0 Å². The van der Waals surface area contributed by atoms with Crippen molar-refractivity contribution in [2.24, 2.45) is 0 Å². The Bertz CT molecular complexity index is 961. The molecule has 7 heteroatoms. The SMILES string of the molecule is O=S(=O)(c1ccccc1)C1CCN(S(=O)(=O)C=Cc2ccccc2)CC1. The molecule has 0 atom stereocenters. The predicted molar refractivity (Wildman–Crippen MR) is 103 cm³/mol. The number of piperidine rings is 1. The number of benzene rings is 2. The molecule has 1 saturated heterocycles. The van der Waals surface area contributed by atoms with Crippen LogP contribution in [0.25, 0.3) is 6.08 Å². The Balaban J connectivity index is 1.67. The van der Waals surface area contributed by atoms with Crippen LogP contribution in [0.4, 0.5) is 0 Å². The second-order valence-electron chi connectivity index (χ2n) is 6.21. The molecule has 0 bridgehead atoms. The monoisotopic (exact) mass is 391 g/mol. The average Bonchev–Trinajstić information content (AvgIpc) is 2.68. The minimum Gasteiger partial charge on any atom is -0.223 e. The van der Waals surface area contributed by atoms with E-state index in [-0.39, 0.29) is 13.1 Å². The molecule has 2 aromatic carbocycles. The first-order chi connectivity index (χ1) is 12.4. The van der Waals surface area contributed by atoms with E-state index < -0.39 is 25.1 Å². The van der Waals surface area contributed by atoms with Gasteiger partial charge < -0.3 is 0 Å². The van der Waals surface area contributed by atoms with Crippen LogP contribution in [0.1, 0.15) is 18.4 Å². The van der Waals surface area contributed by atoms with Gasteiger partial charge in [0.2, 0.25) is 10.0 Å². The Kier molecular flexibility index (Phi) is 5.60. The van der Waals surface area contributed by atoms with E-state index in [9.17, 15) is 16.8 Å². The fourth-order valence-electron chi connectivity index (χ4n) is 3.01. The molecule has 1 heterocycles. The molecule has 0 amide bonds. The molecule has 0 saturated carbocycles. The van der Waals surface area contributed by atoms with Gasteiger partial charge in [-0.3, -0.25) is 0 Å². The van der Waals surface area contributed by atoms with Gasteiger partial charge in [0.1, 0.15) is 0 Å². The van der Waals surface area contributed by atoms with Gasteiger partial charge >= 0.3 is 0 Å². The molecule has 1 fully saturated rings. The van der Waals surface area contributed by atoms with Gasteiger partial charge in [-0.1, -0.05) is 48.5 Å². The van der Waals surface area contributed by atoms with E-state index in [0.29, 0.717) is 17.7 Å². The Labute approximate surface area is 154 Å². The summed E-state index contributed by atoms with van der Waals surface area (Å²) in [4.78, 5) is 0.297. The summed E-state index contributed by atoms with van der Waals surface area (Å²) in [5, 5.41) is 0.642. The van der Waals surface area contributed by atoms with Crippen LogP contribution in [0.3, 0.4) is 0 Å². The van der Waals surface area contributed by atoms with E-state index in [4.69, 9.17) is 0 Å². The minimum atomic E-state index is -3.56. The average molecular weight is 392 g/mol. The van der Waals surface area contributed by atoms with Gasteiger partial charge in [-0.2, -0.15) is 4.31 Å². The largest absolute Gasteiger partial charge is 0.236 e. The van der Waals surface area contributed by atoms with Crippen molar-refractivity contribution in [3.05, 3.63) is 71.6 Å². The van der Waals surface area contributed by atoms with Crippen molar-refractivity contribution in [1.82, 2.24) is 4.31 Å². The van der Waals surface area contributed by atoms with Crippen LogP contribution in [0, 0.1) is 0 Å². The van der Waals surface area contributed by atoms with Crippen LogP contribution in [-0.4, -0.2) is 39.5 Å². The first-order valence-corrected chi connectivity index (χ1v) is 11.5. The summed E-state index contributed by atoms with van der Waals surface area (Å²) in [5.41, 5.74) is 0.803. The molecular weight excluding hydrogens is 370 g/mol. The highest BCUT2D eigenvalue weighted by atomic mass is 32.2. The smallest absolute Gasteiger partial charge is 0.223 e. The first kappa shape index (κ1) is 18.8. The van der Waals surface area contributed by atoms with E-state index in [2.05, 4.69) is 0 Å². The summed E-state index contributed by atoms with van der Waals surface area (Å²) in [6.07, 6.45) is 2.16. The lowest BCUT2D eigenvalue weighted by atomic mass is 10.2. The highest BCUT2D eigenvalue weighted by Gasteiger charge is 2.34. The molecule has 0 aliphatic carbocycles. The van der Waals surface area contributed by atoms with Crippen LogP contribution in [0.5, 0.6) is 0 Å². The Morgan fingerprint density at radius 2 is 1.35 bits per heavy atom. The highest BCUT2D eigenvalue weighted by molar-refractivity contribution is 7.92. The number of sulfonamides is 1. The second kappa shape index (κ2) is 7.73. The molecule has 2 aromatic rings. The van der Waals surface area contributed by atoms with Crippen LogP contribution in [-0.2, 0) is 19.9 Å². The third-order valence-electron chi connectivity index (χ3n) is 4.50. The standard InChI is InChI=1S/C19H21NO4S2/c21-25(22,16-13-17-7-3-1-4-8-17)20-14-11-19(12-15-20)26(23,24)18-9-5-2-6-10-18/h1-10,13,16,19H,11-12,14-15H2. The molecule has 3 rings (SSSR count). The first-order valence-electron chi connectivity index (χ1n) is 8.42. The zero-order valence-corrected chi connectivity index (χ0v) is 15.9. The fraction of sp³-hybridized carbons (Fsp3) is 0.263. The number of nitrogens with zero attached hydrogens (tertiary/aromatic N) is 1. The molecule has 0 N–H and O–H groups in total. The summed E-state index contributed by atoms with van der Waals surface area (Å²) in [5.74, 6) is 0. The Morgan fingerprint density at radius 3 is 1.92 bits per heavy atom. The molecule has 1 aliphatic rings. The van der Waals surface area contributed by atoms with Gasteiger partial charge in [0.05, 0.1) is 10.1 Å². The molecule has 0 aromatic heterocycles. The summed E-state index contributed by atoms with van der Waals surface area (Å²) in [7, 11) is -6.98. The molecule has 0 radical (unpaired) electrons. The lowest BCUT2D eigenvalue weighted by molar-refractivity contribution is 0.349. The summed E-state index contributed by atoms with van der Waals surface area (Å²) in [6, 6.07) is 17.5. The van der Waals surface area contributed by atoms with Crippen LogP contribution < -0.4 is 0 Å². The van der Waals surface area contributed by atoms with Crippen molar-refractivity contribution in [3.8, 4) is 0 Å². The van der Waals surface area contributed by atoms with Gasteiger partial charge in [0, 0.05) is 18.5 Å². The van der Waals surface area contributed by atoms with Gasteiger partial charge in [-0.05, 0) is 36.6 Å². The van der Waals surface area contributed by atoms with E-state index in [1.807, 2.05) is 30.3 Å². The van der Waals surface area contributed by atoms with E-state index in [0.717, 1.165) is 5.56 Å². The van der Waals surface area contributed by atoms with Crippen molar-refractivity contribution in [2.75, 3.05) is 13.1 Å². The third-order valence-corrected chi connectivity index (χ3v) is 8.35. The highest BCUT2D eigenvalue weighted by Crippen LogP contribution is 2.26. The van der Waals surface area contributed by atoms with E-state index >= 15 is 0 Å². The molecular formula is C19H21NO4S2. The second-order valence-corrected chi connectivity index (χ2v) is 10.3.